The summed E-state index contributed by atoms with van der Waals surface area (Å²) in [5, 5.41) is 33.2. The van der Waals surface area contributed by atoms with Gasteiger partial charge in [0.1, 0.15) is 11.4 Å². The fourth-order valence-corrected chi connectivity index (χ4v) is 4.28. The molecule has 3 rings (SSSR count). The summed E-state index contributed by atoms with van der Waals surface area (Å²) in [6.07, 6.45) is 2.05. The van der Waals surface area contributed by atoms with Gasteiger partial charge in [0.05, 0.1) is 24.4 Å². The number of primary amides is 1. The van der Waals surface area contributed by atoms with E-state index in [0.717, 1.165) is 23.7 Å². The van der Waals surface area contributed by atoms with Crippen molar-refractivity contribution in [1.82, 2.24) is 4.98 Å². The van der Waals surface area contributed by atoms with E-state index in [1.54, 1.807) is 45.9 Å². The van der Waals surface area contributed by atoms with Gasteiger partial charge in [0.25, 0.3) is 5.91 Å². The van der Waals surface area contributed by atoms with Crippen LogP contribution in [0, 0.1) is 0 Å². The van der Waals surface area contributed by atoms with Gasteiger partial charge in [0.15, 0.2) is 0 Å². The first-order valence-corrected chi connectivity index (χ1v) is 12.7. The lowest BCUT2D eigenvalue weighted by Crippen LogP contribution is -2.53. The smallest absolute Gasteiger partial charge is 0.492 e. The van der Waals surface area contributed by atoms with E-state index in [-0.39, 0.29) is 18.7 Å². The van der Waals surface area contributed by atoms with Gasteiger partial charge in [-0.25, -0.2) is 0 Å². The minimum atomic E-state index is -1.40. The van der Waals surface area contributed by atoms with Crippen molar-refractivity contribution in [3.8, 4) is 5.75 Å². The summed E-state index contributed by atoms with van der Waals surface area (Å²) >= 11 is 0. The maximum Gasteiger partial charge on any atom is 0.492 e. The van der Waals surface area contributed by atoms with Gasteiger partial charge in [0, 0.05) is 16.8 Å². The Balaban J connectivity index is 2.11. The van der Waals surface area contributed by atoms with E-state index in [1.165, 1.54) is 0 Å². The van der Waals surface area contributed by atoms with Crippen LogP contribution in [-0.2, 0) is 11.1 Å². The van der Waals surface area contributed by atoms with Crippen LogP contribution >= 0.6 is 0 Å². The molecule has 0 unspecified atom stereocenters. The summed E-state index contributed by atoms with van der Waals surface area (Å²) in [6.45, 7) is 8.89. The third kappa shape index (κ3) is 6.36. The van der Waals surface area contributed by atoms with Crippen molar-refractivity contribution in [3.05, 3.63) is 59.3 Å². The highest BCUT2D eigenvalue weighted by atomic mass is 16.5. The molecule has 0 aliphatic rings. The number of para-hydroxylation sites is 1. The quantitative estimate of drug-likeness (QED) is 0.177. The Bertz CT molecular complexity index is 1220. The topological polar surface area (TPSA) is 138 Å². The number of aliphatic hydroxyl groups excluding tert-OH is 1. The lowest BCUT2D eigenvalue weighted by atomic mass is 9.70. The second-order valence-electron chi connectivity index (χ2n) is 10.5. The highest BCUT2D eigenvalue weighted by Crippen LogP contribution is 2.33. The van der Waals surface area contributed by atoms with Crippen molar-refractivity contribution in [2.24, 2.45) is 5.73 Å². The monoisotopic (exact) mass is 510 g/mol. The number of nitrogens with two attached hydrogens (primary N) is 1. The standard InChI is InChI=1S/C28H39BN2O6/c1-6-7-15-36-23-14-10-12-21(29(35)37-28(4,5)27(2,3)34)24(23)18(17-32)16-20-19-11-8-9-13-22(19)31-25(20)26(30)33/h8-14,18,31-32,34-35H,6-7,15-17H2,1-5H3,(H2,30,33)/t18-/m0/s1. The minimum absolute atomic E-state index is 0.265. The number of carbonyl (C=O) groups is 1. The molecule has 0 fully saturated rings. The van der Waals surface area contributed by atoms with Crippen LogP contribution in [0.4, 0.5) is 0 Å². The molecule has 1 atom stereocenters. The number of aliphatic hydroxyl groups is 2. The fraction of sp³-hybridized carbons (Fsp3) is 0.464. The summed E-state index contributed by atoms with van der Waals surface area (Å²) < 4.78 is 12.1. The van der Waals surface area contributed by atoms with Crippen LogP contribution in [0.25, 0.3) is 10.9 Å². The maximum absolute atomic E-state index is 12.3. The molecule has 37 heavy (non-hydrogen) atoms. The molecular formula is C28H39BN2O6. The SMILES string of the molecule is CCCCOc1cccc(B(O)OC(C)(C)C(C)(C)O)c1[C@H](CO)Cc1c(C(N)=O)[nH]c2ccccc12. The minimum Gasteiger partial charge on any atom is -0.493 e. The maximum atomic E-state index is 12.3. The Morgan fingerprint density at radius 2 is 1.84 bits per heavy atom. The van der Waals surface area contributed by atoms with Crippen molar-refractivity contribution in [2.45, 2.75) is 71.0 Å². The van der Waals surface area contributed by atoms with Crippen LogP contribution < -0.4 is 15.9 Å². The Morgan fingerprint density at radius 3 is 2.46 bits per heavy atom. The molecular weight excluding hydrogens is 471 g/mol. The highest BCUT2D eigenvalue weighted by Gasteiger charge is 2.41. The van der Waals surface area contributed by atoms with Gasteiger partial charge in [-0.15, -0.1) is 0 Å². The van der Waals surface area contributed by atoms with Crippen molar-refractivity contribution in [3.63, 3.8) is 0 Å². The number of H-pyrrole nitrogens is 1. The summed E-state index contributed by atoms with van der Waals surface area (Å²) in [6, 6.07) is 12.8. The number of aromatic nitrogens is 1. The van der Waals surface area contributed by atoms with Gasteiger partial charge in [-0.3, -0.25) is 4.79 Å². The molecule has 6 N–H and O–H groups in total. The van der Waals surface area contributed by atoms with Crippen molar-refractivity contribution < 1.29 is 29.4 Å². The van der Waals surface area contributed by atoms with E-state index in [4.69, 9.17) is 15.1 Å². The first-order valence-electron chi connectivity index (χ1n) is 12.7. The molecule has 3 aromatic rings. The zero-order chi connectivity index (χ0) is 27.4. The van der Waals surface area contributed by atoms with Gasteiger partial charge >= 0.3 is 7.12 Å². The Labute approximate surface area is 218 Å². The van der Waals surface area contributed by atoms with Gasteiger partial charge in [-0.2, -0.15) is 0 Å². The number of fused-ring (bicyclic) bond motifs is 1. The van der Waals surface area contributed by atoms with Gasteiger partial charge in [-0.1, -0.05) is 43.7 Å². The summed E-state index contributed by atoms with van der Waals surface area (Å²) in [4.78, 5) is 15.4. The lowest BCUT2D eigenvalue weighted by molar-refractivity contribution is -0.0983. The number of hydrogen-bond acceptors (Lipinski definition) is 6. The van der Waals surface area contributed by atoms with Crippen LogP contribution in [0.2, 0.25) is 0 Å². The lowest BCUT2D eigenvalue weighted by Gasteiger charge is -2.38. The molecule has 0 saturated heterocycles. The molecule has 0 radical (unpaired) electrons. The van der Waals surface area contributed by atoms with Crippen molar-refractivity contribution in [1.29, 1.82) is 0 Å². The van der Waals surface area contributed by atoms with E-state index in [1.807, 2.05) is 24.3 Å². The fourth-order valence-electron chi connectivity index (χ4n) is 4.28. The van der Waals surface area contributed by atoms with Crippen molar-refractivity contribution >= 4 is 29.4 Å². The first kappa shape index (κ1) is 28.7. The molecule has 9 heteroatoms. The van der Waals surface area contributed by atoms with E-state index in [9.17, 15) is 20.0 Å². The number of amides is 1. The van der Waals surface area contributed by atoms with Gasteiger partial charge in [-0.05, 0) is 69.3 Å². The largest absolute Gasteiger partial charge is 0.493 e. The number of unbranched alkanes of at least 4 members (excludes halogenated alkanes) is 1. The molecule has 0 aliphatic heterocycles. The van der Waals surface area contributed by atoms with Crippen LogP contribution in [0.5, 0.6) is 5.75 Å². The number of nitrogens with one attached hydrogen (secondary N) is 1. The zero-order valence-electron chi connectivity index (χ0n) is 22.4. The number of hydrogen-bond donors (Lipinski definition) is 5. The van der Waals surface area contributed by atoms with E-state index >= 15 is 0 Å². The average molecular weight is 510 g/mol. The number of rotatable bonds is 13. The molecule has 0 saturated carbocycles. The predicted molar refractivity (Wildman–Crippen MR) is 146 cm³/mol. The van der Waals surface area contributed by atoms with Gasteiger partial charge < -0.3 is 35.3 Å². The number of aromatic amines is 1. The molecule has 0 aliphatic carbocycles. The second kappa shape index (κ2) is 11.7. The van der Waals surface area contributed by atoms with E-state index < -0.39 is 30.1 Å². The summed E-state index contributed by atoms with van der Waals surface area (Å²) in [7, 11) is -1.40. The van der Waals surface area contributed by atoms with Crippen LogP contribution in [-0.4, -0.2) is 57.7 Å². The first-order chi connectivity index (χ1) is 17.4. The van der Waals surface area contributed by atoms with E-state index in [0.29, 0.717) is 28.9 Å². The number of ether oxygens (including phenoxy) is 1. The molecule has 1 aromatic heterocycles. The third-order valence-electron chi connectivity index (χ3n) is 7.14. The Morgan fingerprint density at radius 1 is 1.14 bits per heavy atom. The van der Waals surface area contributed by atoms with E-state index in [2.05, 4.69) is 11.9 Å². The van der Waals surface area contributed by atoms with Crippen LogP contribution in [0.1, 0.15) is 75.0 Å². The van der Waals surface area contributed by atoms with Crippen LogP contribution in [0.3, 0.4) is 0 Å². The van der Waals surface area contributed by atoms with Crippen LogP contribution in [0.15, 0.2) is 42.5 Å². The second-order valence-corrected chi connectivity index (χ2v) is 10.5. The predicted octanol–water partition coefficient (Wildman–Crippen LogP) is 3.02. The normalized spacial score (nSPS) is 13.1. The molecule has 0 bridgehead atoms. The van der Waals surface area contributed by atoms with Gasteiger partial charge in [0.2, 0.25) is 0 Å². The molecule has 200 valence electrons. The average Bonchev–Trinajstić information content (AvgIpc) is 3.20. The zero-order valence-corrected chi connectivity index (χ0v) is 22.4. The summed E-state index contributed by atoms with van der Waals surface area (Å²) in [5.74, 6) is -0.617. The molecule has 8 nitrogen and oxygen atoms in total. The molecule has 1 amide bonds. The number of benzene rings is 2. The van der Waals surface area contributed by atoms with Crippen molar-refractivity contribution in [2.75, 3.05) is 13.2 Å². The molecule has 0 spiro atoms. The highest BCUT2D eigenvalue weighted by molar-refractivity contribution is 6.60. The summed E-state index contributed by atoms with van der Waals surface area (Å²) in [5.41, 5.74) is 6.11. The third-order valence-corrected chi connectivity index (χ3v) is 7.14. The molecule has 2 aromatic carbocycles. The number of carbonyl (C=O) groups excluding carboxylic acids is 1. The Hall–Kier alpha value is -2.85. The molecule has 1 heterocycles. The Kier molecular flexibility index (Phi) is 9.07.